The minimum absolute atomic E-state index is 0.243. The molecule has 0 bridgehead atoms. The third-order valence-corrected chi connectivity index (χ3v) is 3.29. The van der Waals surface area contributed by atoms with E-state index in [-0.39, 0.29) is 6.04 Å². The first-order valence-corrected chi connectivity index (χ1v) is 5.73. The Morgan fingerprint density at radius 2 is 1.93 bits per heavy atom. The van der Waals surface area contributed by atoms with E-state index in [0.29, 0.717) is 4.99 Å². The molecule has 0 aliphatic carbocycles. The molecule has 0 saturated heterocycles. The van der Waals surface area contributed by atoms with Gasteiger partial charge >= 0.3 is 0 Å². The lowest BCUT2D eigenvalue weighted by atomic mass is 10.1. The van der Waals surface area contributed by atoms with Crippen molar-refractivity contribution in [3.63, 3.8) is 0 Å². The molecule has 3 heteroatoms. The first kappa shape index (κ1) is 10.6. The van der Waals surface area contributed by atoms with E-state index in [9.17, 15) is 0 Å². The van der Waals surface area contributed by atoms with Crippen molar-refractivity contribution in [1.82, 2.24) is 4.90 Å². The average molecular weight is 220 g/mol. The lowest BCUT2D eigenvalue weighted by molar-refractivity contribution is 0.244. The van der Waals surface area contributed by atoms with Crippen LogP contribution in [0.15, 0.2) is 24.3 Å². The van der Waals surface area contributed by atoms with Gasteiger partial charge in [0.05, 0.1) is 11.0 Å². The van der Waals surface area contributed by atoms with Gasteiger partial charge in [0.25, 0.3) is 0 Å². The van der Waals surface area contributed by atoms with E-state index in [1.807, 2.05) is 0 Å². The van der Waals surface area contributed by atoms with Crippen LogP contribution in [-0.4, -0.2) is 15.9 Å². The number of nitrogens with two attached hydrogens (primary N) is 1. The van der Waals surface area contributed by atoms with Gasteiger partial charge in [-0.2, -0.15) is 0 Å². The second-order valence-corrected chi connectivity index (χ2v) is 4.47. The Morgan fingerprint density at radius 1 is 1.40 bits per heavy atom. The Balaban J connectivity index is 2.15. The molecule has 0 amide bonds. The number of nitrogens with zero attached hydrogens (tertiary/aromatic N) is 1. The molecule has 1 atom stereocenters. The first-order chi connectivity index (χ1) is 7.22. The molecule has 0 fully saturated rings. The quantitative estimate of drug-likeness (QED) is 0.791. The normalized spacial score (nSPS) is 17.4. The molecule has 1 aromatic rings. The lowest BCUT2D eigenvalue weighted by Gasteiger charge is -2.25. The summed E-state index contributed by atoms with van der Waals surface area (Å²) in [7, 11) is 0. The second kappa shape index (κ2) is 4.29. The second-order valence-electron chi connectivity index (χ2n) is 4.00. The van der Waals surface area contributed by atoms with Gasteiger partial charge in [0.15, 0.2) is 0 Å². The van der Waals surface area contributed by atoms with Crippen LogP contribution in [0, 0.1) is 0 Å². The summed E-state index contributed by atoms with van der Waals surface area (Å²) in [6.45, 7) is 4.09. The summed E-state index contributed by atoms with van der Waals surface area (Å²) >= 11 is 5.10. The molecular weight excluding hydrogens is 204 g/mol. The van der Waals surface area contributed by atoms with E-state index in [2.05, 4.69) is 36.1 Å². The monoisotopic (exact) mass is 220 g/mol. The van der Waals surface area contributed by atoms with Crippen LogP contribution in [0.2, 0.25) is 0 Å². The third kappa shape index (κ3) is 2.03. The highest BCUT2D eigenvalue weighted by Crippen LogP contribution is 2.25. The summed E-state index contributed by atoms with van der Waals surface area (Å²) in [5, 5.41) is 0. The molecule has 2 N–H and O–H groups in total. The van der Waals surface area contributed by atoms with Crippen molar-refractivity contribution >= 4 is 17.2 Å². The number of thiocarbonyl (C=S) groups is 1. The summed E-state index contributed by atoms with van der Waals surface area (Å²) in [6.07, 6.45) is 0.989. The zero-order valence-corrected chi connectivity index (χ0v) is 9.76. The predicted molar refractivity (Wildman–Crippen MR) is 66.6 cm³/mol. The van der Waals surface area contributed by atoms with Gasteiger partial charge in [0.2, 0.25) is 0 Å². The molecule has 80 valence electrons. The van der Waals surface area contributed by atoms with Crippen molar-refractivity contribution in [2.45, 2.75) is 32.5 Å². The molecule has 0 aromatic heterocycles. The van der Waals surface area contributed by atoms with Crippen LogP contribution < -0.4 is 5.73 Å². The van der Waals surface area contributed by atoms with Crippen molar-refractivity contribution in [3.05, 3.63) is 35.4 Å². The molecule has 1 unspecified atom stereocenters. The third-order valence-electron chi connectivity index (χ3n) is 3.02. The summed E-state index contributed by atoms with van der Waals surface area (Å²) in [4.78, 5) is 2.97. The van der Waals surface area contributed by atoms with Crippen LogP contribution in [-0.2, 0) is 13.1 Å². The van der Waals surface area contributed by atoms with Crippen LogP contribution in [0.4, 0.5) is 0 Å². The fourth-order valence-corrected chi connectivity index (χ4v) is 2.53. The van der Waals surface area contributed by atoms with Crippen molar-refractivity contribution in [2.75, 3.05) is 0 Å². The molecule has 1 aliphatic rings. The van der Waals surface area contributed by atoms with Gasteiger partial charge < -0.3 is 5.73 Å². The van der Waals surface area contributed by atoms with Gasteiger partial charge in [-0.3, -0.25) is 4.90 Å². The molecule has 1 aliphatic heterocycles. The SMILES string of the molecule is CCC(C(N)=S)N1Cc2ccccc2C1. The molecule has 1 aromatic carbocycles. The van der Waals surface area contributed by atoms with Crippen molar-refractivity contribution in [3.8, 4) is 0 Å². The van der Waals surface area contributed by atoms with Crippen LogP contribution in [0.3, 0.4) is 0 Å². The van der Waals surface area contributed by atoms with Crippen molar-refractivity contribution in [2.24, 2.45) is 5.73 Å². The maximum atomic E-state index is 5.75. The zero-order chi connectivity index (χ0) is 10.8. The van der Waals surface area contributed by atoms with E-state index in [1.54, 1.807) is 0 Å². The standard InChI is InChI=1S/C12H16N2S/c1-2-11(12(13)15)14-7-9-5-3-4-6-10(9)8-14/h3-6,11H,2,7-8H2,1H3,(H2,13,15). The van der Waals surface area contributed by atoms with Crippen LogP contribution in [0.25, 0.3) is 0 Å². The van der Waals surface area contributed by atoms with E-state index >= 15 is 0 Å². The largest absolute Gasteiger partial charge is 0.392 e. The summed E-state index contributed by atoms with van der Waals surface area (Å²) < 4.78 is 0. The first-order valence-electron chi connectivity index (χ1n) is 5.32. The van der Waals surface area contributed by atoms with Crippen LogP contribution >= 0.6 is 12.2 Å². The molecule has 1 heterocycles. The lowest BCUT2D eigenvalue weighted by Crippen LogP contribution is -2.40. The highest BCUT2D eigenvalue weighted by molar-refractivity contribution is 7.80. The fourth-order valence-electron chi connectivity index (χ4n) is 2.22. The highest BCUT2D eigenvalue weighted by atomic mass is 32.1. The molecule has 0 spiro atoms. The predicted octanol–water partition coefficient (Wildman–Crippen LogP) is 2.07. The highest BCUT2D eigenvalue weighted by Gasteiger charge is 2.25. The van der Waals surface area contributed by atoms with Crippen molar-refractivity contribution < 1.29 is 0 Å². The molecule has 2 nitrogen and oxygen atoms in total. The molecule has 0 radical (unpaired) electrons. The van der Waals surface area contributed by atoms with Gasteiger partial charge in [0.1, 0.15) is 0 Å². The van der Waals surface area contributed by atoms with Crippen molar-refractivity contribution in [1.29, 1.82) is 0 Å². The Morgan fingerprint density at radius 3 is 2.33 bits per heavy atom. The summed E-state index contributed by atoms with van der Waals surface area (Å²) in [5.74, 6) is 0. The number of hydrogen-bond donors (Lipinski definition) is 1. The Hall–Kier alpha value is -0.930. The van der Waals surface area contributed by atoms with E-state index in [0.717, 1.165) is 19.5 Å². The minimum Gasteiger partial charge on any atom is -0.392 e. The van der Waals surface area contributed by atoms with Gasteiger partial charge in [-0.1, -0.05) is 43.4 Å². The molecule has 2 rings (SSSR count). The van der Waals surface area contributed by atoms with Gasteiger partial charge in [0, 0.05) is 13.1 Å². The molecule has 0 saturated carbocycles. The number of rotatable bonds is 3. The van der Waals surface area contributed by atoms with Gasteiger partial charge in [-0.25, -0.2) is 0 Å². The molecular formula is C12H16N2S. The minimum atomic E-state index is 0.243. The Labute approximate surface area is 96.1 Å². The number of fused-ring (bicyclic) bond motifs is 1. The topological polar surface area (TPSA) is 29.3 Å². The smallest absolute Gasteiger partial charge is 0.0902 e. The zero-order valence-electron chi connectivity index (χ0n) is 8.94. The van der Waals surface area contributed by atoms with Crippen LogP contribution in [0.5, 0.6) is 0 Å². The summed E-state index contributed by atoms with van der Waals surface area (Å²) in [6, 6.07) is 8.78. The Bertz CT molecular complexity index is 351. The fraction of sp³-hybridized carbons (Fsp3) is 0.417. The maximum Gasteiger partial charge on any atom is 0.0902 e. The van der Waals surface area contributed by atoms with E-state index in [1.165, 1.54) is 11.1 Å². The average Bonchev–Trinajstić information content (AvgIpc) is 2.61. The molecule has 15 heavy (non-hydrogen) atoms. The van der Waals surface area contributed by atoms with Gasteiger partial charge in [-0.15, -0.1) is 0 Å². The summed E-state index contributed by atoms with van der Waals surface area (Å²) in [5.41, 5.74) is 8.57. The number of benzene rings is 1. The van der Waals surface area contributed by atoms with E-state index in [4.69, 9.17) is 18.0 Å². The van der Waals surface area contributed by atoms with Gasteiger partial charge in [-0.05, 0) is 17.5 Å². The van der Waals surface area contributed by atoms with E-state index < -0.39 is 0 Å². The Kier molecular flexibility index (Phi) is 3.03. The number of hydrogen-bond acceptors (Lipinski definition) is 2. The van der Waals surface area contributed by atoms with Crippen LogP contribution in [0.1, 0.15) is 24.5 Å². The maximum absolute atomic E-state index is 5.75.